The standard InChI is InChI=1S/C30H24F2N2O2/c1-17-15-22(19(3)34-26-13-8-14-33-27(26)20-9-4-6-11-24(20)31)30-23(16-17)28(35)18(2)29(36-30)21-10-5-7-12-25(21)32/h4-16,19,34H,1-3H3/t19-/m1/s1. The predicted molar refractivity (Wildman–Crippen MR) is 139 cm³/mol. The fourth-order valence-corrected chi connectivity index (χ4v) is 4.49. The minimum atomic E-state index is -0.465. The van der Waals surface area contributed by atoms with E-state index in [-0.39, 0.29) is 28.6 Å². The van der Waals surface area contributed by atoms with Gasteiger partial charge in [-0.1, -0.05) is 30.3 Å². The third kappa shape index (κ3) is 4.15. The molecule has 0 spiro atoms. The van der Waals surface area contributed by atoms with Crippen molar-refractivity contribution < 1.29 is 13.2 Å². The topological polar surface area (TPSA) is 55.1 Å². The van der Waals surface area contributed by atoms with Crippen molar-refractivity contribution in [2.45, 2.75) is 26.8 Å². The van der Waals surface area contributed by atoms with Crippen LogP contribution in [0.3, 0.4) is 0 Å². The van der Waals surface area contributed by atoms with Gasteiger partial charge in [-0.2, -0.15) is 0 Å². The summed E-state index contributed by atoms with van der Waals surface area (Å²) in [5, 5.41) is 3.84. The van der Waals surface area contributed by atoms with E-state index in [1.807, 2.05) is 26.0 Å². The molecule has 2 aromatic heterocycles. The molecule has 1 atom stereocenters. The highest BCUT2D eigenvalue weighted by atomic mass is 19.1. The number of rotatable bonds is 5. The molecule has 0 aliphatic carbocycles. The third-order valence-electron chi connectivity index (χ3n) is 6.29. The second kappa shape index (κ2) is 9.38. The van der Waals surface area contributed by atoms with E-state index in [0.29, 0.717) is 33.5 Å². The molecule has 0 aliphatic heterocycles. The van der Waals surface area contributed by atoms with Gasteiger partial charge in [0.05, 0.1) is 28.4 Å². The Kier molecular flexibility index (Phi) is 6.10. The Morgan fingerprint density at radius 3 is 2.25 bits per heavy atom. The van der Waals surface area contributed by atoms with Crippen LogP contribution in [0.4, 0.5) is 14.5 Å². The normalized spacial score (nSPS) is 12.0. The van der Waals surface area contributed by atoms with Crippen molar-refractivity contribution in [2.75, 3.05) is 5.32 Å². The molecule has 2 heterocycles. The first-order chi connectivity index (χ1) is 17.3. The van der Waals surface area contributed by atoms with Crippen molar-refractivity contribution in [1.29, 1.82) is 0 Å². The van der Waals surface area contributed by atoms with Crippen LogP contribution in [-0.2, 0) is 0 Å². The Labute approximate surface area is 207 Å². The first-order valence-electron chi connectivity index (χ1n) is 11.6. The molecular weight excluding hydrogens is 458 g/mol. The van der Waals surface area contributed by atoms with Gasteiger partial charge in [-0.05, 0) is 68.8 Å². The molecular formula is C30H24F2N2O2. The fraction of sp³-hybridized carbons (Fsp3) is 0.133. The molecule has 0 amide bonds. The van der Waals surface area contributed by atoms with Crippen LogP contribution in [0.2, 0.25) is 0 Å². The van der Waals surface area contributed by atoms with Gasteiger partial charge in [0.15, 0.2) is 5.43 Å². The molecule has 0 saturated carbocycles. The summed E-state index contributed by atoms with van der Waals surface area (Å²) in [5.41, 5.74) is 3.85. The van der Waals surface area contributed by atoms with Crippen molar-refractivity contribution in [3.8, 4) is 22.6 Å². The van der Waals surface area contributed by atoms with Crippen LogP contribution < -0.4 is 10.7 Å². The molecule has 0 unspecified atom stereocenters. The second-order valence-electron chi connectivity index (χ2n) is 8.84. The molecule has 4 nitrogen and oxygen atoms in total. The number of halogens is 2. The van der Waals surface area contributed by atoms with E-state index < -0.39 is 5.82 Å². The number of hydrogen-bond donors (Lipinski definition) is 1. The summed E-state index contributed by atoms with van der Waals surface area (Å²) >= 11 is 0. The zero-order valence-electron chi connectivity index (χ0n) is 20.1. The van der Waals surface area contributed by atoms with Gasteiger partial charge >= 0.3 is 0 Å². The number of aromatic nitrogens is 1. The average Bonchev–Trinajstić information content (AvgIpc) is 2.87. The molecule has 3 aromatic carbocycles. The maximum atomic E-state index is 14.6. The Balaban J connectivity index is 1.65. The molecule has 0 radical (unpaired) electrons. The van der Waals surface area contributed by atoms with Crippen molar-refractivity contribution in [1.82, 2.24) is 4.98 Å². The molecule has 180 valence electrons. The largest absolute Gasteiger partial charge is 0.455 e. The summed E-state index contributed by atoms with van der Waals surface area (Å²) in [5.74, 6) is -0.631. The van der Waals surface area contributed by atoms with Crippen LogP contribution >= 0.6 is 0 Å². The molecule has 0 saturated heterocycles. The van der Waals surface area contributed by atoms with Crippen molar-refractivity contribution in [2.24, 2.45) is 0 Å². The lowest BCUT2D eigenvalue weighted by atomic mass is 9.98. The zero-order valence-corrected chi connectivity index (χ0v) is 20.1. The highest BCUT2D eigenvalue weighted by Crippen LogP contribution is 2.35. The van der Waals surface area contributed by atoms with Crippen LogP contribution in [0.15, 0.2) is 88.2 Å². The van der Waals surface area contributed by atoms with Crippen molar-refractivity contribution in [3.63, 3.8) is 0 Å². The Morgan fingerprint density at radius 2 is 1.56 bits per heavy atom. The summed E-state index contributed by atoms with van der Waals surface area (Å²) in [7, 11) is 0. The number of aryl methyl sites for hydroxylation is 1. The Bertz CT molecular complexity index is 1660. The molecule has 0 bridgehead atoms. The van der Waals surface area contributed by atoms with E-state index in [1.54, 1.807) is 61.7 Å². The molecule has 36 heavy (non-hydrogen) atoms. The average molecular weight is 483 g/mol. The van der Waals surface area contributed by atoms with E-state index in [2.05, 4.69) is 10.3 Å². The number of nitrogens with one attached hydrogen (secondary N) is 1. The van der Waals surface area contributed by atoms with Gasteiger partial charge in [0.25, 0.3) is 0 Å². The molecule has 5 rings (SSSR count). The lowest BCUT2D eigenvalue weighted by Crippen LogP contribution is -2.13. The Hall–Kier alpha value is -4.32. The zero-order chi connectivity index (χ0) is 25.4. The van der Waals surface area contributed by atoms with Gasteiger partial charge in [-0.3, -0.25) is 9.78 Å². The smallest absolute Gasteiger partial charge is 0.196 e. The highest BCUT2D eigenvalue weighted by molar-refractivity contribution is 5.85. The molecule has 5 aromatic rings. The maximum absolute atomic E-state index is 14.6. The molecule has 1 N–H and O–H groups in total. The van der Waals surface area contributed by atoms with Crippen LogP contribution in [0.1, 0.15) is 29.7 Å². The van der Waals surface area contributed by atoms with Gasteiger partial charge in [0.2, 0.25) is 0 Å². The summed E-state index contributed by atoms with van der Waals surface area (Å²) in [6.45, 7) is 5.48. The minimum Gasteiger partial charge on any atom is -0.455 e. The second-order valence-corrected chi connectivity index (χ2v) is 8.84. The minimum absolute atomic E-state index is 0.205. The molecule has 0 fully saturated rings. The van der Waals surface area contributed by atoms with E-state index in [0.717, 1.165) is 11.1 Å². The summed E-state index contributed by atoms with van der Waals surface area (Å²) < 4.78 is 35.4. The van der Waals surface area contributed by atoms with E-state index in [4.69, 9.17) is 4.42 Å². The van der Waals surface area contributed by atoms with Crippen LogP contribution in [-0.4, -0.2) is 4.98 Å². The predicted octanol–water partition coefficient (Wildman–Crippen LogP) is 7.59. The number of benzene rings is 3. The maximum Gasteiger partial charge on any atom is 0.196 e. The SMILES string of the molecule is Cc1cc([C@@H](C)Nc2cccnc2-c2ccccc2F)c2oc(-c3ccccc3F)c(C)c(=O)c2c1. The summed E-state index contributed by atoms with van der Waals surface area (Å²) in [4.78, 5) is 17.7. The summed E-state index contributed by atoms with van der Waals surface area (Å²) in [6, 6.07) is 19.7. The molecule has 0 aliphatic rings. The molecule has 6 heteroatoms. The van der Waals surface area contributed by atoms with Gasteiger partial charge in [0.1, 0.15) is 23.0 Å². The van der Waals surface area contributed by atoms with Crippen LogP contribution in [0.25, 0.3) is 33.6 Å². The first kappa shape index (κ1) is 23.4. The number of anilines is 1. The van der Waals surface area contributed by atoms with Crippen molar-refractivity contribution in [3.05, 3.63) is 118 Å². The van der Waals surface area contributed by atoms with Gasteiger partial charge in [0, 0.05) is 22.9 Å². The summed E-state index contributed by atoms with van der Waals surface area (Å²) in [6.07, 6.45) is 1.61. The van der Waals surface area contributed by atoms with Gasteiger partial charge in [-0.15, -0.1) is 0 Å². The number of hydrogen-bond acceptors (Lipinski definition) is 4. The third-order valence-corrected chi connectivity index (χ3v) is 6.29. The Morgan fingerprint density at radius 1 is 0.889 bits per heavy atom. The number of fused-ring (bicyclic) bond motifs is 1. The number of pyridine rings is 1. The van der Waals surface area contributed by atoms with Crippen LogP contribution in [0.5, 0.6) is 0 Å². The van der Waals surface area contributed by atoms with E-state index in [1.165, 1.54) is 12.1 Å². The quantitative estimate of drug-likeness (QED) is 0.280. The fourth-order valence-electron chi connectivity index (χ4n) is 4.49. The number of nitrogens with zero attached hydrogens (tertiary/aromatic N) is 1. The van der Waals surface area contributed by atoms with Gasteiger partial charge in [-0.25, -0.2) is 8.78 Å². The van der Waals surface area contributed by atoms with E-state index in [9.17, 15) is 13.6 Å². The first-order valence-corrected chi connectivity index (χ1v) is 11.6. The highest BCUT2D eigenvalue weighted by Gasteiger charge is 2.21. The van der Waals surface area contributed by atoms with Gasteiger partial charge < -0.3 is 9.73 Å². The van der Waals surface area contributed by atoms with E-state index >= 15 is 0 Å². The van der Waals surface area contributed by atoms with Crippen molar-refractivity contribution >= 4 is 16.7 Å². The lowest BCUT2D eigenvalue weighted by molar-refractivity contribution is 0.586. The monoisotopic (exact) mass is 482 g/mol. The van der Waals surface area contributed by atoms with Crippen LogP contribution in [0, 0.1) is 25.5 Å². The lowest BCUT2D eigenvalue weighted by Gasteiger charge is -2.20.